The lowest BCUT2D eigenvalue weighted by atomic mass is 10.1. The molecule has 3 heteroatoms. The normalized spacial score (nSPS) is 17.3. The predicted octanol–water partition coefficient (Wildman–Crippen LogP) is 2.85. The maximum atomic E-state index is 5.78. The van der Waals surface area contributed by atoms with Crippen LogP contribution in [0.4, 0.5) is 11.4 Å². The fourth-order valence-electron chi connectivity index (χ4n) is 2.88. The highest BCUT2D eigenvalue weighted by Gasteiger charge is 2.13. The largest absolute Gasteiger partial charge is 0.372 e. The van der Waals surface area contributed by atoms with Crippen LogP contribution < -0.4 is 15.5 Å². The number of rotatable bonds is 5. The van der Waals surface area contributed by atoms with Gasteiger partial charge in [0.15, 0.2) is 0 Å². The van der Waals surface area contributed by atoms with E-state index in [2.05, 4.69) is 47.9 Å². The van der Waals surface area contributed by atoms with Gasteiger partial charge in [0.05, 0.1) is 0 Å². The molecule has 1 aromatic carbocycles. The molecule has 1 heterocycles. The van der Waals surface area contributed by atoms with E-state index < -0.39 is 0 Å². The third-order valence-electron chi connectivity index (χ3n) is 4.12. The van der Waals surface area contributed by atoms with Gasteiger partial charge >= 0.3 is 0 Å². The third kappa shape index (κ3) is 3.41. The summed E-state index contributed by atoms with van der Waals surface area (Å²) in [5.41, 5.74) is 8.42. The highest BCUT2D eigenvalue weighted by atomic mass is 15.2. The minimum absolute atomic E-state index is 0.394. The van der Waals surface area contributed by atoms with E-state index in [0.29, 0.717) is 12.6 Å². The molecule has 1 unspecified atom stereocenters. The number of likely N-dealkylation sites (N-methyl/N-ethyl adjacent to an activating group) is 1. The summed E-state index contributed by atoms with van der Waals surface area (Å²) in [4.78, 5) is 4.86. The molecule has 1 aliphatic heterocycles. The van der Waals surface area contributed by atoms with Crippen molar-refractivity contribution in [1.82, 2.24) is 0 Å². The maximum absolute atomic E-state index is 5.78. The van der Waals surface area contributed by atoms with Crippen molar-refractivity contribution in [2.75, 3.05) is 36.0 Å². The van der Waals surface area contributed by atoms with Gasteiger partial charge in [0.1, 0.15) is 0 Å². The number of hydrogen-bond acceptors (Lipinski definition) is 3. The lowest BCUT2D eigenvalue weighted by Crippen LogP contribution is -2.38. The molecule has 2 N–H and O–H groups in total. The van der Waals surface area contributed by atoms with E-state index in [4.69, 9.17) is 5.73 Å². The van der Waals surface area contributed by atoms with Gasteiger partial charge in [-0.15, -0.1) is 0 Å². The van der Waals surface area contributed by atoms with Crippen LogP contribution in [-0.4, -0.2) is 32.2 Å². The first-order chi connectivity index (χ1) is 9.26. The van der Waals surface area contributed by atoms with Crippen LogP contribution in [0.5, 0.6) is 0 Å². The molecule has 0 amide bonds. The van der Waals surface area contributed by atoms with Crippen molar-refractivity contribution in [3.63, 3.8) is 0 Å². The Morgan fingerprint density at radius 1 is 1.16 bits per heavy atom. The molecule has 1 aromatic rings. The quantitative estimate of drug-likeness (QED) is 0.884. The Labute approximate surface area is 117 Å². The molecule has 0 aliphatic carbocycles. The van der Waals surface area contributed by atoms with Crippen molar-refractivity contribution < 1.29 is 0 Å². The fraction of sp³-hybridized carbons (Fsp3) is 0.625. The van der Waals surface area contributed by atoms with E-state index in [1.807, 2.05) is 0 Å². The van der Waals surface area contributed by atoms with Crippen molar-refractivity contribution in [2.45, 2.75) is 39.2 Å². The fourth-order valence-corrected chi connectivity index (χ4v) is 2.88. The maximum Gasteiger partial charge on any atom is 0.0383 e. The Bertz CT molecular complexity index is 368. The zero-order chi connectivity index (χ0) is 13.7. The molecular weight excluding hydrogens is 234 g/mol. The van der Waals surface area contributed by atoms with Crippen LogP contribution >= 0.6 is 0 Å². The number of benzene rings is 1. The van der Waals surface area contributed by atoms with E-state index in [9.17, 15) is 0 Å². The van der Waals surface area contributed by atoms with Gasteiger partial charge in [-0.05, 0) is 57.4 Å². The number of nitrogens with two attached hydrogens (primary N) is 1. The third-order valence-corrected chi connectivity index (χ3v) is 4.12. The van der Waals surface area contributed by atoms with E-state index >= 15 is 0 Å². The van der Waals surface area contributed by atoms with Crippen LogP contribution in [0.1, 0.15) is 33.1 Å². The monoisotopic (exact) mass is 261 g/mol. The van der Waals surface area contributed by atoms with Gasteiger partial charge in [-0.2, -0.15) is 0 Å². The van der Waals surface area contributed by atoms with Gasteiger partial charge in [0, 0.05) is 43.6 Å². The van der Waals surface area contributed by atoms with E-state index in [0.717, 1.165) is 6.54 Å². The molecule has 1 fully saturated rings. The van der Waals surface area contributed by atoms with Crippen LogP contribution in [0, 0.1) is 0 Å². The molecule has 0 bridgehead atoms. The summed E-state index contributed by atoms with van der Waals surface area (Å²) >= 11 is 0. The zero-order valence-corrected chi connectivity index (χ0v) is 12.3. The Kier molecular flexibility index (Phi) is 5.08. The number of hydrogen-bond donors (Lipinski definition) is 1. The summed E-state index contributed by atoms with van der Waals surface area (Å²) < 4.78 is 0. The Morgan fingerprint density at radius 2 is 1.79 bits per heavy atom. The van der Waals surface area contributed by atoms with Gasteiger partial charge in [-0.3, -0.25) is 0 Å². The molecule has 19 heavy (non-hydrogen) atoms. The molecule has 2 rings (SSSR count). The smallest absolute Gasteiger partial charge is 0.0383 e. The number of nitrogens with zero attached hydrogens (tertiary/aromatic N) is 2. The topological polar surface area (TPSA) is 32.5 Å². The predicted molar refractivity (Wildman–Crippen MR) is 84.0 cm³/mol. The molecular formula is C16H27N3. The highest BCUT2D eigenvalue weighted by molar-refractivity contribution is 5.57. The van der Waals surface area contributed by atoms with Crippen molar-refractivity contribution in [3.05, 3.63) is 24.3 Å². The summed E-state index contributed by atoms with van der Waals surface area (Å²) in [7, 11) is 0. The first-order valence-electron chi connectivity index (χ1n) is 7.58. The lowest BCUT2D eigenvalue weighted by molar-refractivity contribution is 0.578. The standard InChI is InChI=1S/C16H27N3/c1-3-19(14(2)13-17)16-9-7-15(8-10-16)18-11-5-4-6-12-18/h7-10,14H,3-6,11-13,17H2,1-2H3. The average Bonchev–Trinajstić information content (AvgIpc) is 2.49. The highest BCUT2D eigenvalue weighted by Crippen LogP contribution is 2.24. The van der Waals surface area contributed by atoms with Gasteiger partial charge in [0.25, 0.3) is 0 Å². The minimum atomic E-state index is 0.394. The number of anilines is 2. The van der Waals surface area contributed by atoms with Gasteiger partial charge in [-0.1, -0.05) is 0 Å². The Morgan fingerprint density at radius 3 is 2.32 bits per heavy atom. The van der Waals surface area contributed by atoms with Crippen LogP contribution in [0.15, 0.2) is 24.3 Å². The summed E-state index contributed by atoms with van der Waals surface area (Å²) in [5, 5.41) is 0. The Balaban J connectivity index is 2.08. The Hall–Kier alpha value is -1.22. The van der Waals surface area contributed by atoms with Gasteiger partial charge in [-0.25, -0.2) is 0 Å². The van der Waals surface area contributed by atoms with Gasteiger partial charge < -0.3 is 15.5 Å². The lowest BCUT2D eigenvalue weighted by Gasteiger charge is -2.31. The molecule has 3 nitrogen and oxygen atoms in total. The average molecular weight is 261 g/mol. The van der Waals surface area contributed by atoms with Crippen LogP contribution in [0.3, 0.4) is 0 Å². The van der Waals surface area contributed by atoms with Crippen molar-refractivity contribution in [1.29, 1.82) is 0 Å². The van der Waals surface area contributed by atoms with E-state index in [-0.39, 0.29) is 0 Å². The van der Waals surface area contributed by atoms with E-state index in [1.165, 1.54) is 43.7 Å². The first-order valence-corrected chi connectivity index (χ1v) is 7.58. The van der Waals surface area contributed by atoms with Crippen molar-refractivity contribution >= 4 is 11.4 Å². The van der Waals surface area contributed by atoms with Crippen LogP contribution in [0.2, 0.25) is 0 Å². The second kappa shape index (κ2) is 6.80. The summed E-state index contributed by atoms with van der Waals surface area (Å²) in [6.45, 7) is 8.47. The molecule has 106 valence electrons. The van der Waals surface area contributed by atoms with Crippen LogP contribution in [-0.2, 0) is 0 Å². The molecule has 1 atom stereocenters. The molecule has 0 spiro atoms. The molecule has 0 saturated carbocycles. The zero-order valence-electron chi connectivity index (χ0n) is 12.3. The van der Waals surface area contributed by atoms with Crippen LogP contribution in [0.25, 0.3) is 0 Å². The summed E-state index contributed by atoms with van der Waals surface area (Å²) in [5.74, 6) is 0. The molecule has 0 aromatic heterocycles. The minimum Gasteiger partial charge on any atom is -0.372 e. The summed E-state index contributed by atoms with van der Waals surface area (Å²) in [6, 6.07) is 9.38. The van der Waals surface area contributed by atoms with Crippen molar-refractivity contribution in [2.24, 2.45) is 5.73 Å². The first kappa shape index (κ1) is 14.2. The van der Waals surface area contributed by atoms with Gasteiger partial charge in [0.2, 0.25) is 0 Å². The van der Waals surface area contributed by atoms with Crippen molar-refractivity contribution in [3.8, 4) is 0 Å². The number of piperidine rings is 1. The molecule has 1 aliphatic rings. The molecule has 0 radical (unpaired) electrons. The summed E-state index contributed by atoms with van der Waals surface area (Å²) in [6.07, 6.45) is 4.03. The van der Waals surface area contributed by atoms with E-state index in [1.54, 1.807) is 0 Å². The second-order valence-electron chi connectivity index (χ2n) is 5.43. The second-order valence-corrected chi connectivity index (χ2v) is 5.43. The molecule has 1 saturated heterocycles. The SMILES string of the molecule is CCN(c1ccc(N2CCCCC2)cc1)C(C)CN.